The molecular formula is C19H30N2O4S. The highest BCUT2D eigenvalue weighted by atomic mass is 32.2. The lowest BCUT2D eigenvalue weighted by Crippen LogP contribution is -2.44. The van der Waals surface area contributed by atoms with Gasteiger partial charge in [0.2, 0.25) is 15.9 Å². The number of benzene rings is 1. The number of anilines is 1. The maximum absolute atomic E-state index is 12.6. The van der Waals surface area contributed by atoms with Crippen LogP contribution in [0.1, 0.15) is 51.9 Å². The van der Waals surface area contributed by atoms with Crippen molar-refractivity contribution in [3.63, 3.8) is 0 Å². The maximum Gasteiger partial charge on any atom is 0.240 e. The number of hydrogen-bond acceptors (Lipinski definition) is 4. The van der Waals surface area contributed by atoms with Crippen molar-refractivity contribution in [1.29, 1.82) is 0 Å². The summed E-state index contributed by atoms with van der Waals surface area (Å²) in [6, 6.07) is 7.02. The standard InChI is InChI=1S/C19H30N2O4S/c1-3-25-18-14-10-9-13-17(18)21(26(2,23)24)15-19(22)20-16-11-7-5-4-6-8-12-16/h9-10,13-14,16H,3-8,11-12,15H2,1-2H3,(H,20,22). The van der Waals surface area contributed by atoms with Crippen molar-refractivity contribution in [2.45, 2.75) is 57.9 Å². The molecule has 1 saturated carbocycles. The Hall–Kier alpha value is -1.76. The first-order valence-electron chi connectivity index (χ1n) is 9.40. The number of carbonyl (C=O) groups is 1. The van der Waals surface area contributed by atoms with Gasteiger partial charge in [-0.2, -0.15) is 0 Å². The van der Waals surface area contributed by atoms with Crippen molar-refractivity contribution in [3.8, 4) is 5.75 Å². The second-order valence-corrected chi connectivity index (χ2v) is 8.69. The van der Waals surface area contributed by atoms with Crippen LogP contribution in [0.15, 0.2) is 24.3 Å². The minimum atomic E-state index is -3.62. The molecule has 26 heavy (non-hydrogen) atoms. The fraction of sp³-hybridized carbons (Fsp3) is 0.632. The Kier molecular flexibility index (Phi) is 7.75. The van der Waals surface area contributed by atoms with Gasteiger partial charge in [-0.15, -0.1) is 0 Å². The van der Waals surface area contributed by atoms with Crippen molar-refractivity contribution >= 4 is 21.6 Å². The van der Waals surface area contributed by atoms with Crippen molar-refractivity contribution in [3.05, 3.63) is 24.3 Å². The monoisotopic (exact) mass is 382 g/mol. The normalized spacial score (nSPS) is 16.4. The second kappa shape index (κ2) is 9.80. The van der Waals surface area contributed by atoms with Gasteiger partial charge in [0.25, 0.3) is 0 Å². The number of amides is 1. The molecule has 0 bridgehead atoms. The van der Waals surface area contributed by atoms with E-state index >= 15 is 0 Å². The van der Waals surface area contributed by atoms with Gasteiger partial charge in [0, 0.05) is 6.04 Å². The van der Waals surface area contributed by atoms with Crippen LogP contribution in [0, 0.1) is 0 Å². The van der Waals surface area contributed by atoms with E-state index in [4.69, 9.17) is 4.74 Å². The molecule has 0 aromatic heterocycles. The van der Waals surface area contributed by atoms with E-state index in [2.05, 4.69) is 5.32 Å². The number of nitrogens with one attached hydrogen (secondary N) is 1. The fourth-order valence-corrected chi connectivity index (χ4v) is 4.19. The van der Waals surface area contributed by atoms with Crippen molar-refractivity contribution in [1.82, 2.24) is 5.32 Å². The molecule has 0 heterocycles. The highest BCUT2D eigenvalue weighted by molar-refractivity contribution is 7.92. The lowest BCUT2D eigenvalue weighted by atomic mass is 9.97. The minimum Gasteiger partial charge on any atom is -0.492 e. The first-order chi connectivity index (χ1) is 12.4. The Morgan fingerprint density at radius 3 is 2.38 bits per heavy atom. The average Bonchev–Trinajstić information content (AvgIpc) is 2.55. The maximum atomic E-state index is 12.6. The van der Waals surface area contributed by atoms with Gasteiger partial charge in [0.05, 0.1) is 18.6 Å². The number of nitrogens with zero attached hydrogens (tertiary/aromatic N) is 1. The molecule has 146 valence electrons. The minimum absolute atomic E-state index is 0.131. The molecule has 0 spiro atoms. The van der Waals surface area contributed by atoms with Crippen molar-refractivity contribution < 1.29 is 17.9 Å². The number of sulfonamides is 1. The van der Waals surface area contributed by atoms with Gasteiger partial charge < -0.3 is 10.1 Å². The smallest absolute Gasteiger partial charge is 0.240 e. The number of rotatable bonds is 7. The molecule has 0 saturated heterocycles. The number of para-hydroxylation sites is 2. The van der Waals surface area contributed by atoms with E-state index in [0.29, 0.717) is 18.0 Å². The lowest BCUT2D eigenvalue weighted by Gasteiger charge is -2.26. The Balaban J connectivity index is 2.12. The van der Waals surface area contributed by atoms with Crippen LogP contribution in [-0.2, 0) is 14.8 Å². The molecule has 2 rings (SSSR count). The van der Waals surface area contributed by atoms with Crippen LogP contribution >= 0.6 is 0 Å². The van der Waals surface area contributed by atoms with Gasteiger partial charge in [-0.3, -0.25) is 9.10 Å². The molecule has 1 N–H and O–H groups in total. The summed E-state index contributed by atoms with van der Waals surface area (Å²) in [5, 5.41) is 3.02. The van der Waals surface area contributed by atoms with E-state index < -0.39 is 10.0 Å². The summed E-state index contributed by atoms with van der Waals surface area (Å²) in [7, 11) is -3.62. The summed E-state index contributed by atoms with van der Waals surface area (Å²) in [6.07, 6.45) is 8.89. The highest BCUT2D eigenvalue weighted by Crippen LogP contribution is 2.29. The first kappa shape index (κ1) is 20.6. The van der Waals surface area contributed by atoms with E-state index in [1.54, 1.807) is 24.3 Å². The fourth-order valence-electron chi connectivity index (χ4n) is 3.33. The Morgan fingerprint density at radius 1 is 1.15 bits per heavy atom. The van der Waals surface area contributed by atoms with Crippen LogP contribution in [0.4, 0.5) is 5.69 Å². The summed E-state index contributed by atoms with van der Waals surface area (Å²) < 4.78 is 31.3. The summed E-state index contributed by atoms with van der Waals surface area (Å²) in [5.41, 5.74) is 0.393. The molecular weight excluding hydrogens is 352 g/mol. The molecule has 1 aliphatic rings. The third-order valence-corrected chi connectivity index (χ3v) is 5.72. The van der Waals surface area contributed by atoms with Crippen LogP contribution in [0.5, 0.6) is 5.75 Å². The van der Waals surface area contributed by atoms with Crippen LogP contribution in [0.25, 0.3) is 0 Å². The SMILES string of the molecule is CCOc1ccccc1N(CC(=O)NC1CCCCCCC1)S(C)(=O)=O. The first-order valence-corrected chi connectivity index (χ1v) is 11.3. The largest absolute Gasteiger partial charge is 0.492 e. The van der Waals surface area contributed by atoms with E-state index in [1.165, 1.54) is 19.3 Å². The summed E-state index contributed by atoms with van der Waals surface area (Å²) in [6.45, 7) is 2.02. The highest BCUT2D eigenvalue weighted by Gasteiger charge is 2.25. The van der Waals surface area contributed by atoms with E-state index in [1.807, 2.05) is 6.92 Å². The van der Waals surface area contributed by atoms with Gasteiger partial charge in [0.15, 0.2) is 0 Å². The van der Waals surface area contributed by atoms with Crippen LogP contribution in [-0.4, -0.2) is 39.8 Å². The number of hydrogen-bond donors (Lipinski definition) is 1. The van der Waals surface area contributed by atoms with E-state index in [0.717, 1.165) is 36.2 Å². The summed E-state index contributed by atoms with van der Waals surface area (Å²) in [5.74, 6) is 0.187. The van der Waals surface area contributed by atoms with Gasteiger partial charge in [-0.05, 0) is 31.9 Å². The predicted octanol–water partition coefficient (Wildman–Crippen LogP) is 3.08. The van der Waals surface area contributed by atoms with E-state index in [9.17, 15) is 13.2 Å². The Bertz CT molecular complexity index is 683. The molecule has 0 radical (unpaired) electrons. The molecule has 1 aliphatic carbocycles. The van der Waals surface area contributed by atoms with Gasteiger partial charge in [0.1, 0.15) is 12.3 Å². The molecule has 0 atom stereocenters. The van der Waals surface area contributed by atoms with Gasteiger partial charge in [-0.1, -0.05) is 44.2 Å². The van der Waals surface area contributed by atoms with Crippen LogP contribution in [0.2, 0.25) is 0 Å². The van der Waals surface area contributed by atoms with Crippen molar-refractivity contribution in [2.24, 2.45) is 0 Å². The topological polar surface area (TPSA) is 75.7 Å². The van der Waals surface area contributed by atoms with Crippen molar-refractivity contribution in [2.75, 3.05) is 23.7 Å². The van der Waals surface area contributed by atoms with Gasteiger partial charge in [-0.25, -0.2) is 8.42 Å². The zero-order chi connectivity index (χ0) is 19.0. The third-order valence-electron chi connectivity index (χ3n) is 4.59. The lowest BCUT2D eigenvalue weighted by molar-refractivity contribution is -0.120. The molecule has 1 fully saturated rings. The van der Waals surface area contributed by atoms with Crippen LogP contribution < -0.4 is 14.4 Å². The zero-order valence-electron chi connectivity index (χ0n) is 15.7. The summed E-state index contributed by atoms with van der Waals surface area (Å²) in [4.78, 5) is 12.6. The van der Waals surface area contributed by atoms with Crippen LogP contribution in [0.3, 0.4) is 0 Å². The average molecular weight is 383 g/mol. The molecule has 1 aromatic carbocycles. The summed E-state index contributed by atoms with van der Waals surface area (Å²) >= 11 is 0. The molecule has 0 unspecified atom stereocenters. The molecule has 6 nitrogen and oxygen atoms in total. The quantitative estimate of drug-likeness (QED) is 0.786. The second-order valence-electron chi connectivity index (χ2n) is 6.78. The van der Waals surface area contributed by atoms with E-state index in [-0.39, 0.29) is 18.5 Å². The predicted molar refractivity (Wildman–Crippen MR) is 104 cm³/mol. The molecule has 0 aliphatic heterocycles. The molecule has 7 heteroatoms. The Labute approximate surface area is 157 Å². The number of ether oxygens (including phenoxy) is 1. The third kappa shape index (κ3) is 6.20. The number of carbonyl (C=O) groups excluding carboxylic acids is 1. The molecule has 1 aromatic rings. The zero-order valence-corrected chi connectivity index (χ0v) is 16.6. The Morgan fingerprint density at radius 2 is 1.77 bits per heavy atom. The molecule has 1 amide bonds. The van der Waals surface area contributed by atoms with Gasteiger partial charge >= 0.3 is 0 Å².